The lowest BCUT2D eigenvalue weighted by Crippen LogP contribution is -2.42. The molecular formula is C12H18ClN3. The van der Waals surface area contributed by atoms with E-state index in [4.69, 9.17) is 11.6 Å². The average Bonchev–Trinajstić information content (AvgIpc) is 2.22. The number of aryl methyl sites for hydroxylation is 1. The SMILES string of the molecule is Cc1nccnc1N(CCCCl)C1CCC1. The molecular weight excluding hydrogens is 222 g/mol. The van der Waals surface area contributed by atoms with Gasteiger partial charge < -0.3 is 4.90 Å². The Kier molecular flexibility index (Phi) is 3.99. The molecule has 4 heteroatoms. The molecule has 0 radical (unpaired) electrons. The van der Waals surface area contributed by atoms with E-state index in [1.165, 1.54) is 19.3 Å². The molecule has 1 aliphatic rings. The molecule has 88 valence electrons. The Morgan fingerprint density at radius 3 is 2.69 bits per heavy atom. The van der Waals surface area contributed by atoms with Crippen molar-refractivity contribution in [1.29, 1.82) is 0 Å². The molecule has 0 unspecified atom stereocenters. The molecule has 1 fully saturated rings. The second-order valence-electron chi connectivity index (χ2n) is 4.29. The second kappa shape index (κ2) is 5.48. The van der Waals surface area contributed by atoms with Crippen molar-refractivity contribution in [2.24, 2.45) is 0 Å². The molecule has 0 aromatic carbocycles. The van der Waals surface area contributed by atoms with Crippen LogP contribution in [0.3, 0.4) is 0 Å². The summed E-state index contributed by atoms with van der Waals surface area (Å²) in [5.74, 6) is 1.75. The number of nitrogens with zero attached hydrogens (tertiary/aromatic N) is 3. The van der Waals surface area contributed by atoms with Crippen LogP contribution in [0.5, 0.6) is 0 Å². The van der Waals surface area contributed by atoms with Crippen molar-refractivity contribution in [2.45, 2.75) is 38.6 Å². The van der Waals surface area contributed by atoms with Crippen LogP contribution in [0.25, 0.3) is 0 Å². The number of hydrogen-bond donors (Lipinski definition) is 0. The van der Waals surface area contributed by atoms with Gasteiger partial charge >= 0.3 is 0 Å². The van der Waals surface area contributed by atoms with Gasteiger partial charge in [0.25, 0.3) is 0 Å². The lowest BCUT2D eigenvalue weighted by Gasteiger charge is -2.38. The molecule has 1 aromatic rings. The summed E-state index contributed by atoms with van der Waals surface area (Å²) in [6.45, 7) is 3.02. The van der Waals surface area contributed by atoms with Crippen molar-refractivity contribution in [3.63, 3.8) is 0 Å². The first-order valence-electron chi connectivity index (χ1n) is 5.93. The van der Waals surface area contributed by atoms with E-state index in [0.29, 0.717) is 11.9 Å². The average molecular weight is 240 g/mol. The van der Waals surface area contributed by atoms with Crippen molar-refractivity contribution in [2.75, 3.05) is 17.3 Å². The molecule has 0 amide bonds. The topological polar surface area (TPSA) is 29.0 Å². The van der Waals surface area contributed by atoms with E-state index >= 15 is 0 Å². The summed E-state index contributed by atoms with van der Waals surface area (Å²) in [4.78, 5) is 11.1. The molecule has 0 saturated heterocycles. The van der Waals surface area contributed by atoms with Crippen LogP contribution in [0.2, 0.25) is 0 Å². The first-order valence-corrected chi connectivity index (χ1v) is 6.46. The van der Waals surface area contributed by atoms with Crippen LogP contribution >= 0.6 is 11.6 Å². The maximum Gasteiger partial charge on any atom is 0.150 e. The number of aromatic nitrogens is 2. The number of hydrogen-bond acceptors (Lipinski definition) is 3. The fraction of sp³-hybridized carbons (Fsp3) is 0.667. The maximum absolute atomic E-state index is 5.78. The van der Waals surface area contributed by atoms with Gasteiger partial charge in [-0.05, 0) is 32.6 Å². The molecule has 1 saturated carbocycles. The molecule has 16 heavy (non-hydrogen) atoms. The largest absolute Gasteiger partial charge is 0.352 e. The zero-order valence-corrected chi connectivity index (χ0v) is 10.5. The van der Waals surface area contributed by atoms with E-state index in [1.54, 1.807) is 12.4 Å². The molecule has 0 atom stereocenters. The van der Waals surface area contributed by atoms with Gasteiger partial charge in [0.1, 0.15) is 5.82 Å². The Bertz CT molecular complexity index is 339. The molecule has 0 aliphatic heterocycles. The predicted octanol–water partition coefficient (Wildman–Crippen LogP) is 2.77. The summed E-state index contributed by atoms with van der Waals surface area (Å²) in [7, 11) is 0. The smallest absolute Gasteiger partial charge is 0.150 e. The Morgan fingerprint density at radius 1 is 1.38 bits per heavy atom. The summed E-state index contributed by atoms with van der Waals surface area (Å²) in [5.41, 5.74) is 1.02. The lowest BCUT2D eigenvalue weighted by molar-refractivity contribution is 0.383. The van der Waals surface area contributed by atoms with E-state index in [2.05, 4.69) is 14.9 Å². The van der Waals surface area contributed by atoms with Gasteiger partial charge in [-0.2, -0.15) is 0 Å². The van der Waals surface area contributed by atoms with Crippen LogP contribution in [-0.4, -0.2) is 28.4 Å². The second-order valence-corrected chi connectivity index (χ2v) is 4.66. The third-order valence-corrected chi connectivity index (χ3v) is 3.44. The van der Waals surface area contributed by atoms with Gasteiger partial charge in [-0.1, -0.05) is 0 Å². The number of rotatable bonds is 5. The van der Waals surface area contributed by atoms with E-state index in [1.807, 2.05) is 6.92 Å². The molecule has 0 N–H and O–H groups in total. The quantitative estimate of drug-likeness (QED) is 0.740. The van der Waals surface area contributed by atoms with E-state index < -0.39 is 0 Å². The summed E-state index contributed by atoms with van der Waals surface area (Å²) in [5, 5.41) is 0. The van der Waals surface area contributed by atoms with Gasteiger partial charge in [0, 0.05) is 30.9 Å². The predicted molar refractivity (Wildman–Crippen MR) is 67.1 cm³/mol. The molecule has 1 aliphatic carbocycles. The van der Waals surface area contributed by atoms with Gasteiger partial charge in [0.2, 0.25) is 0 Å². The highest BCUT2D eigenvalue weighted by molar-refractivity contribution is 6.17. The summed E-state index contributed by atoms with van der Waals surface area (Å²) in [6, 6.07) is 0.651. The van der Waals surface area contributed by atoms with Crippen LogP contribution < -0.4 is 4.90 Å². The summed E-state index contributed by atoms with van der Waals surface area (Å²) < 4.78 is 0. The summed E-state index contributed by atoms with van der Waals surface area (Å²) in [6.07, 6.45) is 8.42. The molecule has 1 heterocycles. The minimum Gasteiger partial charge on any atom is -0.352 e. The highest BCUT2D eigenvalue weighted by atomic mass is 35.5. The normalized spacial score (nSPS) is 15.9. The zero-order valence-electron chi connectivity index (χ0n) is 9.69. The highest BCUT2D eigenvalue weighted by Crippen LogP contribution is 2.29. The van der Waals surface area contributed by atoms with Crippen molar-refractivity contribution in [3.8, 4) is 0 Å². The molecule has 1 aromatic heterocycles. The third kappa shape index (κ3) is 2.46. The third-order valence-electron chi connectivity index (χ3n) is 3.18. The minimum absolute atomic E-state index is 0.651. The van der Waals surface area contributed by atoms with Crippen LogP contribution in [-0.2, 0) is 0 Å². The number of alkyl halides is 1. The molecule has 0 bridgehead atoms. The Morgan fingerprint density at radius 2 is 2.12 bits per heavy atom. The first kappa shape index (κ1) is 11.6. The Labute approximate surface area is 102 Å². The fourth-order valence-electron chi connectivity index (χ4n) is 2.07. The summed E-state index contributed by atoms with van der Waals surface area (Å²) >= 11 is 5.78. The van der Waals surface area contributed by atoms with Crippen molar-refractivity contribution in [3.05, 3.63) is 18.1 Å². The highest BCUT2D eigenvalue weighted by Gasteiger charge is 2.26. The maximum atomic E-state index is 5.78. The van der Waals surface area contributed by atoms with Crippen LogP contribution in [0, 0.1) is 6.92 Å². The van der Waals surface area contributed by atoms with Gasteiger partial charge in [-0.15, -0.1) is 11.6 Å². The van der Waals surface area contributed by atoms with Gasteiger partial charge in [-0.25, -0.2) is 4.98 Å². The van der Waals surface area contributed by atoms with Gasteiger partial charge in [-0.3, -0.25) is 4.98 Å². The number of anilines is 1. The Balaban J connectivity index is 2.13. The Hall–Kier alpha value is -0.830. The van der Waals surface area contributed by atoms with Crippen LogP contribution in [0.4, 0.5) is 5.82 Å². The molecule has 2 rings (SSSR count). The fourth-order valence-corrected chi connectivity index (χ4v) is 2.19. The van der Waals surface area contributed by atoms with E-state index in [0.717, 1.165) is 24.5 Å². The van der Waals surface area contributed by atoms with Gasteiger partial charge in [0.15, 0.2) is 0 Å². The van der Waals surface area contributed by atoms with E-state index in [-0.39, 0.29) is 0 Å². The lowest BCUT2D eigenvalue weighted by atomic mass is 9.91. The monoisotopic (exact) mass is 239 g/mol. The van der Waals surface area contributed by atoms with Gasteiger partial charge in [0.05, 0.1) is 5.69 Å². The van der Waals surface area contributed by atoms with E-state index in [9.17, 15) is 0 Å². The van der Waals surface area contributed by atoms with Crippen molar-refractivity contribution >= 4 is 17.4 Å². The first-order chi connectivity index (χ1) is 7.83. The molecule has 0 spiro atoms. The van der Waals surface area contributed by atoms with Crippen LogP contribution in [0.1, 0.15) is 31.4 Å². The van der Waals surface area contributed by atoms with Crippen LogP contribution in [0.15, 0.2) is 12.4 Å². The number of halogens is 1. The minimum atomic E-state index is 0.651. The van der Waals surface area contributed by atoms with Crippen molar-refractivity contribution < 1.29 is 0 Å². The standard InChI is InChI=1S/C12H18ClN3/c1-10-12(15-8-7-14-10)16(9-3-6-13)11-4-2-5-11/h7-8,11H,2-6,9H2,1H3. The van der Waals surface area contributed by atoms with Crippen molar-refractivity contribution in [1.82, 2.24) is 9.97 Å². The molecule has 3 nitrogen and oxygen atoms in total. The zero-order chi connectivity index (χ0) is 11.4.